The fourth-order valence-electron chi connectivity index (χ4n) is 2.38. The van der Waals surface area contributed by atoms with E-state index >= 15 is 0 Å². The van der Waals surface area contributed by atoms with Crippen LogP contribution in [-0.2, 0) is 16.9 Å². The Kier molecular flexibility index (Phi) is 5.46. The molecule has 0 fully saturated rings. The van der Waals surface area contributed by atoms with Crippen LogP contribution in [0.5, 0.6) is 0 Å². The van der Waals surface area contributed by atoms with Crippen LogP contribution in [-0.4, -0.2) is 25.5 Å². The molecular formula is C17H15Cl3FN5O. The maximum atomic E-state index is 14.0. The van der Waals surface area contributed by atoms with Crippen LogP contribution in [0, 0.1) is 5.82 Å². The lowest BCUT2D eigenvalue weighted by Crippen LogP contribution is -2.40. The van der Waals surface area contributed by atoms with E-state index in [2.05, 4.69) is 15.5 Å². The molecule has 0 aliphatic heterocycles. The minimum absolute atomic E-state index is 0.0687. The molecule has 0 radical (unpaired) electrons. The van der Waals surface area contributed by atoms with E-state index in [1.165, 1.54) is 33.9 Å². The number of benzene rings is 1. The highest BCUT2D eigenvalue weighted by molar-refractivity contribution is 6.33. The Morgan fingerprint density at radius 3 is 2.59 bits per heavy atom. The largest absolute Gasteiger partial charge is 0.306 e. The van der Waals surface area contributed by atoms with E-state index in [1.54, 1.807) is 26.1 Å². The van der Waals surface area contributed by atoms with Gasteiger partial charge in [-0.3, -0.25) is 14.2 Å². The average Bonchev–Trinajstić information content (AvgIpc) is 3.18. The van der Waals surface area contributed by atoms with Crippen molar-refractivity contribution in [3.8, 4) is 0 Å². The zero-order valence-electron chi connectivity index (χ0n) is 14.4. The summed E-state index contributed by atoms with van der Waals surface area (Å²) in [6, 6.07) is 4.42. The van der Waals surface area contributed by atoms with Gasteiger partial charge in [-0.25, -0.2) is 4.39 Å². The van der Waals surface area contributed by atoms with Gasteiger partial charge in [0.15, 0.2) is 5.82 Å². The standard InChI is InChI=1S/C17H15Cl3FN5O/c1-17(2,26-7-10(18)6-22-26)16(27)23-15-13(20)9-25(24-15)8-11-12(19)4-3-5-14(11)21/h3-7,9H,8H2,1-2H3,(H,23,24,27). The minimum Gasteiger partial charge on any atom is -0.306 e. The van der Waals surface area contributed by atoms with Gasteiger partial charge >= 0.3 is 0 Å². The number of carbonyl (C=O) groups is 1. The number of anilines is 1. The van der Waals surface area contributed by atoms with Crippen LogP contribution in [0.1, 0.15) is 19.4 Å². The molecular weight excluding hydrogens is 416 g/mol. The van der Waals surface area contributed by atoms with E-state index < -0.39 is 17.3 Å². The normalized spacial score (nSPS) is 11.6. The maximum Gasteiger partial charge on any atom is 0.253 e. The highest BCUT2D eigenvalue weighted by Gasteiger charge is 2.31. The summed E-state index contributed by atoms with van der Waals surface area (Å²) >= 11 is 18.1. The zero-order valence-corrected chi connectivity index (χ0v) is 16.6. The van der Waals surface area contributed by atoms with Gasteiger partial charge in [-0.05, 0) is 26.0 Å². The number of halogens is 4. The van der Waals surface area contributed by atoms with Gasteiger partial charge < -0.3 is 5.32 Å². The Hall–Kier alpha value is -2.09. The van der Waals surface area contributed by atoms with Gasteiger partial charge in [-0.15, -0.1) is 0 Å². The third-order valence-electron chi connectivity index (χ3n) is 4.01. The van der Waals surface area contributed by atoms with Crippen LogP contribution in [0.4, 0.5) is 10.2 Å². The number of carbonyl (C=O) groups excluding carboxylic acids is 1. The Labute approximate surface area is 169 Å². The molecule has 1 aromatic carbocycles. The van der Waals surface area contributed by atoms with Crippen LogP contribution < -0.4 is 5.32 Å². The molecule has 10 heteroatoms. The molecule has 142 valence electrons. The molecule has 0 aliphatic carbocycles. The second-order valence-corrected chi connectivity index (χ2v) is 7.59. The van der Waals surface area contributed by atoms with Crippen LogP contribution in [0.15, 0.2) is 36.8 Å². The number of aromatic nitrogens is 4. The molecule has 1 N–H and O–H groups in total. The Bertz CT molecular complexity index is 978. The molecule has 0 aliphatic rings. The van der Waals surface area contributed by atoms with Crippen molar-refractivity contribution < 1.29 is 9.18 Å². The second-order valence-electron chi connectivity index (χ2n) is 6.34. The van der Waals surface area contributed by atoms with E-state index in [9.17, 15) is 9.18 Å². The number of nitrogens with zero attached hydrogens (tertiary/aromatic N) is 4. The van der Waals surface area contributed by atoms with Crippen molar-refractivity contribution in [2.75, 3.05) is 5.32 Å². The molecule has 0 saturated carbocycles. The summed E-state index contributed by atoms with van der Waals surface area (Å²) in [4.78, 5) is 12.7. The SMILES string of the molecule is CC(C)(C(=O)Nc1nn(Cc2c(F)cccc2Cl)cc1Cl)n1cc(Cl)cn1. The molecule has 0 saturated heterocycles. The minimum atomic E-state index is -1.03. The number of nitrogens with one attached hydrogen (secondary N) is 1. The van der Waals surface area contributed by atoms with Crippen LogP contribution in [0.25, 0.3) is 0 Å². The Morgan fingerprint density at radius 2 is 1.96 bits per heavy atom. The summed E-state index contributed by atoms with van der Waals surface area (Å²) in [5.41, 5.74) is -0.752. The van der Waals surface area contributed by atoms with E-state index in [-0.39, 0.29) is 28.0 Å². The molecule has 2 heterocycles. The summed E-state index contributed by atoms with van der Waals surface area (Å²) in [6.07, 6.45) is 4.47. The van der Waals surface area contributed by atoms with Gasteiger partial charge in [0.25, 0.3) is 5.91 Å². The summed E-state index contributed by atoms with van der Waals surface area (Å²) in [5.74, 6) is -0.685. The predicted octanol–water partition coefficient (Wildman–Crippen LogP) is 4.60. The highest BCUT2D eigenvalue weighted by Crippen LogP contribution is 2.25. The zero-order chi connectivity index (χ0) is 19.8. The molecule has 0 spiro atoms. The molecule has 0 unspecified atom stereocenters. The van der Waals surface area contributed by atoms with E-state index in [4.69, 9.17) is 34.8 Å². The van der Waals surface area contributed by atoms with Crippen molar-refractivity contribution in [1.82, 2.24) is 19.6 Å². The Balaban J connectivity index is 1.80. The van der Waals surface area contributed by atoms with E-state index in [0.29, 0.717) is 5.02 Å². The van der Waals surface area contributed by atoms with Crippen LogP contribution >= 0.6 is 34.8 Å². The lowest BCUT2D eigenvalue weighted by Gasteiger charge is -2.23. The van der Waals surface area contributed by atoms with Crippen LogP contribution in [0.2, 0.25) is 15.1 Å². The molecule has 0 bridgehead atoms. The fraction of sp³-hybridized carbons (Fsp3) is 0.235. The quantitative estimate of drug-likeness (QED) is 0.643. The monoisotopic (exact) mass is 429 g/mol. The van der Waals surface area contributed by atoms with Crippen molar-refractivity contribution in [2.24, 2.45) is 0 Å². The molecule has 0 atom stereocenters. The first-order chi connectivity index (χ1) is 12.7. The first-order valence-electron chi connectivity index (χ1n) is 7.86. The van der Waals surface area contributed by atoms with E-state index in [1.807, 2.05) is 0 Å². The summed E-state index contributed by atoms with van der Waals surface area (Å²) in [7, 11) is 0. The average molecular weight is 431 g/mol. The lowest BCUT2D eigenvalue weighted by molar-refractivity contribution is -0.123. The smallest absolute Gasteiger partial charge is 0.253 e. The number of hydrogen-bond acceptors (Lipinski definition) is 3. The summed E-state index contributed by atoms with van der Waals surface area (Å²) in [5, 5.41) is 11.8. The molecule has 2 aromatic heterocycles. The molecule has 3 aromatic rings. The fourth-order valence-corrected chi connectivity index (χ4v) is 2.94. The highest BCUT2D eigenvalue weighted by atomic mass is 35.5. The molecule has 1 amide bonds. The van der Waals surface area contributed by atoms with Gasteiger partial charge in [0.05, 0.1) is 17.8 Å². The van der Waals surface area contributed by atoms with Gasteiger partial charge in [-0.2, -0.15) is 10.2 Å². The third kappa shape index (κ3) is 4.10. The van der Waals surface area contributed by atoms with Crippen LogP contribution in [0.3, 0.4) is 0 Å². The van der Waals surface area contributed by atoms with Gasteiger partial charge in [0.1, 0.15) is 16.4 Å². The van der Waals surface area contributed by atoms with Crippen molar-refractivity contribution >= 4 is 46.5 Å². The molecule has 3 rings (SSSR count). The van der Waals surface area contributed by atoms with Crippen molar-refractivity contribution in [3.63, 3.8) is 0 Å². The van der Waals surface area contributed by atoms with Gasteiger partial charge in [-0.1, -0.05) is 40.9 Å². The number of rotatable bonds is 5. The number of hydrogen-bond donors (Lipinski definition) is 1. The number of amides is 1. The van der Waals surface area contributed by atoms with Crippen molar-refractivity contribution in [2.45, 2.75) is 25.9 Å². The van der Waals surface area contributed by atoms with Crippen molar-refractivity contribution in [1.29, 1.82) is 0 Å². The third-order valence-corrected chi connectivity index (χ3v) is 4.84. The lowest BCUT2D eigenvalue weighted by atomic mass is 10.1. The second kappa shape index (κ2) is 7.50. The first-order valence-corrected chi connectivity index (χ1v) is 9.00. The van der Waals surface area contributed by atoms with Gasteiger partial charge in [0, 0.05) is 23.0 Å². The predicted molar refractivity (Wildman–Crippen MR) is 103 cm³/mol. The topological polar surface area (TPSA) is 64.7 Å². The van der Waals surface area contributed by atoms with Gasteiger partial charge in [0.2, 0.25) is 0 Å². The first kappa shape index (κ1) is 19.7. The van der Waals surface area contributed by atoms with Crippen molar-refractivity contribution in [3.05, 3.63) is 63.2 Å². The molecule has 6 nitrogen and oxygen atoms in total. The molecule has 27 heavy (non-hydrogen) atoms. The Morgan fingerprint density at radius 1 is 1.22 bits per heavy atom. The summed E-state index contributed by atoms with van der Waals surface area (Å²) in [6.45, 7) is 3.42. The summed E-state index contributed by atoms with van der Waals surface area (Å²) < 4.78 is 16.8. The maximum absolute atomic E-state index is 14.0. The van der Waals surface area contributed by atoms with E-state index in [0.717, 1.165) is 0 Å².